The molecule has 1 aromatic carbocycles. The molecule has 0 bridgehead atoms. The van der Waals surface area contributed by atoms with Crippen molar-refractivity contribution in [1.82, 2.24) is 10.3 Å². The SMILES string of the molecule is COc1cccc(C[C@H](NC(=O)c2cccnc2)C(N)=O)c1. The highest BCUT2D eigenvalue weighted by molar-refractivity contribution is 5.97. The zero-order valence-corrected chi connectivity index (χ0v) is 12.2. The van der Waals surface area contributed by atoms with Gasteiger partial charge in [0.15, 0.2) is 0 Å². The molecule has 1 heterocycles. The number of nitrogens with two attached hydrogens (primary N) is 1. The standard InChI is InChI=1S/C16H17N3O3/c1-22-13-6-2-4-11(8-13)9-14(15(17)20)19-16(21)12-5-3-7-18-10-12/h2-8,10,14H,9H2,1H3,(H2,17,20)(H,19,21)/t14-/m0/s1. The first-order valence-electron chi connectivity index (χ1n) is 6.73. The van der Waals surface area contributed by atoms with E-state index in [2.05, 4.69) is 10.3 Å². The van der Waals surface area contributed by atoms with Crippen molar-refractivity contribution >= 4 is 11.8 Å². The molecule has 0 aliphatic heterocycles. The molecule has 0 spiro atoms. The van der Waals surface area contributed by atoms with Gasteiger partial charge in [-0.1, -0.05) is 12.1 Å². The number of rotatable bonds is 6. The third-order valence-electron chi connectivity index (χ3n) is 3.15. The normalized spacial score (nSPS) is 11.5. The van der Waals surface area contributed by atoms with Crippen molar-refractivity contribution in [2.45, 2.75) is 12.5 Å². The van der Waals surface area contributed by atoms with E-state index in [1.54, 1.807) is 37.6 Å². The molecule has 6 nitrogen and oxygen atoms in total. The van der Waals surface area contributed by atoms with Gasteiger partial charge >= 0.3 is 0 Å². The molecule has 1 atom stereocenters. The lowest BCUT2D eigenvalue weighted by molar-refractivity contribution is -0.119. The fourth-order valence-electron chi connectivity index (χ4n) is 2.00. The quantitative estimate of drug-likeness (QED) is 0.829. The number of carbonyl (C=O) groups is 2. The van der Waals surface area contributed by atoms with Gasteiger partial charge in [0.05, 0.1) is 12.7 Å². The van der Waals surface area contributed by atoms with E-state index in [0.717, 1.165) is 5.56 Å². The summed E-state index contributed by atoms with van der Waals surface area (Å²) in [5, 5.41) is 2.62. The number of hydrogen-bond acceptors (Lipinski definition) is 4. The molecular weight excluding hydrogens is 282 g/mol. The molecule has 114 valence electrons. The number of aromatic nitrogens is 1. The molecule has 0 fully saturated rings. The minimum Gasteiger partial charge on any atom is -0.497 e. The topological polar surface area (TPSA) is 94.3 Å². The lowest BCUT2D eigenvalue weighted by Gasteiger charge is -2.16. The van der Waals surface area contributed by atoms with Crippen LogP contribution in [0.2, 0.25) is 0 Å². The predicted molar refractivity (Wildman–Crippen MR) is 81.4 cm³/mol. The van der Waals surface area contributed by atoms with E-state index < -0.39 is 11.9 Å². The van der Waals surface area contributed by atoms with Crippen LogP contribution < -0.4 is 15.8 Å². The van der Waals surface area contributed by atoms with Crippen molar-refractivity contribution in [2.24, 2.45) is 5.73 Å². The second kappa shape index (κ2) is 7.21. The van der Waals surface area contributed by atoms with Crippen LogP contribution in [0.4, 0.5) is 0 Å². The number of methoxy groups -OCH3 is 1. The summed E-state index contributed by atoms with van der Waals surface area (Å²) in [5.74, 6) is -0.306. The van der Waals surface area contributed by atoms with Crippen molar-refractivity contribution < 1.29 is 14.3 Å². The van der Waals surface area contributed by atoms with E-state index in [1.807, 2.05) is 12.1 Å². The van der Waals surface area contributed by atoms with Gasteiger partial charge in [0.1, 0.15) is 11.8 Å². The lowest BCUT2D eigenvalue weighted by atomic mass is 10.0. The van der Waals surface area contributed by atoms with Crippen molar-refractivity contribution in [1.29, 1.82) is 0 Å². The monoisotopic (exact) mass is 299 g/mol. The molecule has 0 saturated heterocycles. The number of hydrogen-bond donors (Lipinski definition) is 2. The van der Waals surface area contributed by atoms with E-state index in [4.69, 9.17) is 10.5 Å². The largest absolute Gasteiger partial charge is 0.497 e. The first-order chi connectivity index (χ1) is 10.6. The molecule has 1 aromatic heterocycles. The summed E-state index contributed by atoms with van der Waals surface area (Å²) in [5.41, 5.74) is 6.60. The van der Waals surface area contributed by atoms with Crippen LogP contribution in [0.25, 0.3) is 0 Å². The maximum Gasteiger partial charge on any atom is 0.253 e. The number of primary amides is 1. The van der Waals surface area contributed by atoms with Crippen LogP contribution in [0.1, 0.15) is 15.9 Å². The van der Waals surface area contributed by atoms with Gasteiger partial charge in [-0.15, -0.1) is 0 Å². The minimum absolute atomic E-state index is 0.290. The van der Waals surface area contributed by atoms with Crippen LogP contribution in [-0.4, -0.2) is 29.9 Å². The van der Waals surface area contributed by atoms with E-state index in [0.29, 0.717) is 17.7 Å². The number of carbonyl (C=O) groups excluding carboxylic acids is 2. The van der Waals surface area contributed by atoms with E-state index in [1.165, 1.54) is 6.20 Å². The molecule has 22 heavy (non-hydrogen) atoms. The molecule has 2 rings (SSSR count). The Labute approximate surface area is 128 Å². The maximum atomic E-state index is 12.1. The summed E-state index contributed by atoms with van der Waals surface area (Å²) in [6, 6.07) is 9.72. The molecule has 6 heteroatoms. The Morgan fingerprint density at radius 3 is 2.77 bits per heavy atom. The highest BCUT2D eigenvalue weighted by Crippen LogP contribution is 2.14. The van der Waals surface area contributed by atoms with Gasteiger partial charge in [-0.2, -0.15) is 0 Å². The fourth-order valence-corrected chi connectivity index (χ4v) is 2.00. The number of pyridine rings is 1. The highest BCUT2D eigenvalue weighted by atomic mass is 16.5. The third-order valence-corrected chi connectivity index (χ3v) is 3.15. The van der Waals surface area contributed by atoms with Crippen LogP contribution in [0.5, 0.6) is 5.75 Å². The molecule has 0 unspecified atom stereocenters. The molecule has 3 N–H and O–H groups in total. The smallest absolute Gasteiger partial charge is 0.253 e. The van der Waals surface area contributed by atoms with Gasteiger partial charge in [-0.25, -0.2) is 0 Å². The second-order valence-electron chi connectivity index (χ2n) is 4.73. The van der Waals surface area contributed by atoms with E-state index in [-0.39, 0.29) is 5.91 Å². The van der Waals surface area contributed by atoms with E-state index in [9.17, 15) is 9.59 Å². The number of ether oxygens (including phenoxy) is 1. The summed E-state index contributed by atoms with van der Waals surface area (Å²) < 4.78 is 5.14. The Bertz CT molecular complexity index is 659. The third kappa shape index (κ3) is 4.05. The van der Waals surface area contributed by atoms with Crippen LogP contribution in [0.3, 0.4) is 0 Å². The Hall–Kier alpha value is -2.89. The van der Waals surface area contributed by atoms with Gasteiger partial charge < -0.3 is 15.8 Å². The molecule has 0 radical (unpaired) electrons. The highest BCUT2D eigenvalue weighted by Gasteiger charge is 2.19. The number of amides is 2. The zero-order chi connectivity index (χ0) is 15.9. The molecule has 0 aliphatic rings. The Balaban J connectivity index is 2.10. The van der Waals surface area contributed by atoms with Crippen LogP contribution in [0, 0.1) is 0 Å². The van der Waals surface area contributed by atoms with Crippen molar-refractivity contribution in [3.8, 4) is 5.75 Å². The summed E-state index contributed by atoms with van der Waals surface area (Å²) in [6.07, 6.45) is 3.29. The van der Waals surface area contributed by atoms with Crippen LogP contribution >= 0.6 is 0 Å². The first-order valence-corrected chi connectivity index (χ1v) is 6.73. The molecule has 0 aliphatic carbocycles. The van der Waals surface area contributed by atoms with Gasteiger partial charge in [0, 0.05) is 18.8 Å². The number of nitrogens with one attached hydrogen (secondary N) is 1. The van der Waals surface area contributed by atoms with E-state index >= 15 is 0 Å². The van der Waals surface area contributed by atoms with Crippen molar-refractivity contribution in [3.05, 3.63) is 59.9 Å². The van der Waals surface area contributed by atoms with Gasteiger partial charge in [0.2, 0.25) is 5.91 Å². The van der Waals surface area contributed by atoms with Gasteiger partial charge in [-0.05, 0) is 29.8 Å². The van der Waals surface area contributed by atoms with Gasteiger partial charge in [0.25, 0.3) is 5.91 Å². The number of benzene rings is 1. The minimum atomic E-state index is -0.806. The summed E-state index contributed by atoms with van der Waals surface area (Å²) >= 11 is 0. The molecule has 2 amide bonds. The fraction of sp³-hybridized carbons (Fsp3) is 0.188. The van der Waals surface area contributed by atoms with Crippen LogP contribution in [-0.2, 0) is 11.2 Å². The average Bonchev–Trinajstić information content (AvgIpc) is 2.55. The van der Waals surface area contributed by atoms with Crippen molar-refractivity contribution in [3.63, 3.8) is 0 Å². The summed E-state index contributed by atoms with van der Waals surface area (Å²) in [6.45, 7) is 0. The summed E-state index contributed by atoms with van der Waals surface area (Å²) in [4.78, 5) is 27.5. The summed E-state index contributed by atoms with van der Waals surface area (Å²) in [7, 11) is 1.56. The molecule has 0 saturated carbocycles. The van der Waals surface area contributed by atoms with Gasteiger partial charge in [-0.3, -0.25) is 14.6 Å². The average molecular weight is 299 g/mol. The second-order valence-corrected chi connectivity index (χ2v) is 4.73. The van der Waals surface area contributed by atoms with Crippen LogP contribution in [0.15, 0.2) is 48.8 Å². The lowest BCUT2D eigenvalue weighted by Crippen LogP contribution is -2.45. The Kier molecular flexibility index (Phi) is 5.08. The Morgan fingerprint density at radius 1 is 1.32 bits per heavy atom. The first kappa shape index (κ1) is 15.5. The van der Waals surface area contributed by atoms with Crippen molar-refractivity contribution in [2.75, 3.05) is 7.11 Å². The zero-order valence-electron chi connectivity index (χ0n) is 12.2. The molecular formula is C16H17N3O3. The maximum absolute atomic E-state index is 12.1. The number of nitrogens with zero attached hydrogens (tertiary/aromatic N) is 1. The predicted octanol–water partition coefficient (Wildman–Crippen LogP) is 0.917. The Morgan fingerprint density at radius 2 is 2.14 bits per heavy atom. The molecule has 2 aromatic rings.